The number of carbonyl (C=O) groups excluding carboxylic acids is 1. The van der Waals surface area contributed by atoms with Crippen molar-refractivity contribution >= 4 is 23.7 Å². The lowest BCUT2D eigenvalue weighted by molar-refractivity contribution is 0.0954. The number of hydrazone groups is 1. The highest BCUT2D eigenvalue weighted by molar-refractivity contribution is 6.32. The van der Waals surface area contributed by atoms with Crippen LogP contribution < -0.4 is 19.6 Å². The summed E-state index contributed by atoms with van der Waals surface area (Å²) >= 11 is 6.13. The summed E-state index contributed by atoms with van der Waals surface area (Å²) in [6, 6.07) is 10.0. The molecule has 0 heterocycles. The molecular weight excluding hydrogens is 356 g/mol. The molecule has 0 aromatic heterocycles. The van der Waals surface area contributed by atoms with E-state index in [0.29, 0.717) is 40.0 Å². The van der Waals surface area contributed by atoms with Gasteiger partial charge in [0.2, 0.25) is 0 Å². The normalized spacial score (nSPS) is 10.4. The summed E-state index contributed by atoms with van der Waals surface area (Å²) in [4.78, 5) is 12.2. The van der Waals surface area contributed by atoms with Crippen molar-refractivity contribution in [3.63, 3.8) is 0 Å². The Morgan fingerprint density at radius 1 is 1.15 bits per heavy atom. The number of hydrogen-bond donors (Lipinski definition) is 1. The van der Waals surface area contributed by atoms with Crippen molar-refractivity contribution < 1.29 is 19.0 Å². The molecule has 0 radical (unpaired) electrons. The van der Waals surface area contributed by atoms with Crippen LogP contribution in [-0.4, -0.2) is 32.9 Å². The van der Waals surface area contributed by atoms with Gasteiger partial charge < -0.3 is 14.2 Å². The molecule has 0 aliphatic heterocycles. The summed E-state index contributed by atoms with van der Waals surface area (Å²) in [6.45, 7) is 3.95. The number of benzene rings is 2. The molecule has 0 atom stereocenters. The van der Waals surface area contributed by atoms with E-state index in [1.165, 1.54) is 20.4 Å². The molecule has 0 saturated carbocycles. The largest absolute Gasteiger partial charge is 0.493 e. The molecule has 0 fully saturated rings. The second-order valence-corrected chi connectivity index (χ2v) is 5.47. The van der Waals surface area contributed by atoms with E-state index in [-0.39, 0.29) is 5.91 Å². The number of amides is 1. The zero-order valence-electron chi connectivity index (χ0n) is 14.5. The van der Waals surface area contributed by atoms with Crippen molar-refractivity contribution in [1.82, 2.24) is 5.43 Å². The van der Waals surface area contributed by atoms with Crippen LogP contribution in [0.5, 0.6) is 17.2 Å². The number of nitrogens with one attached hydrogen (secondary N) is 1. The Morgan fingerprint density at radius 2 is 1.88 bits per heavy atom. The van der Waals surface area contributed by atoms with Crippen molar-refractivity contribution in [3.05, 3.63) is 65.2 Å². The molecular formula is C19H19ClN2O4. The lowest BCUT2D eigenvalue weighted by Gasteiger charge is -2.08. The molecule has 2 aromatic rings. The number of methoxy groups -OCH3 is 2. The van der Waals surface area contributed by atoms with Crippen LogP contribution in [0, 0.1) is 0 Å². The first-order valence-corrected chi connectivity index (χ1v) is 8.05. The third-order valence-corrected chi connectivity index (χ3v) is 3.63. The van der Waals surface area contributed by atoms with Gasteiger partial charge in [-0.1, -0.05) is 24.3 Å². The number of nitrogens with zero attached hydrogens (tertiary/aromatic N) is 1. The fourth-order valence-electron chi connectivity index (χ4n) is 2.07. The highest BCUT2D eigenvalue weighted by atomic mass is 35.5. The SMILES string of the molecule is C=CCOc1ccc(/C=N/NC(=O)c2ccc(OC)c(OC)c2)cc1Cl. The Bertz CT molecular complexity index is 821. The zero-order valence-corrected chi connectivity index (χ0v) is 15.2. The third kappa shape index (κ3) is 5.00. The van der Waals surface area contributed by atoms with E-state index in [2.05, 4.69) is 17.1 Å². The molecule has 136 valence electrons. The molecule has 0 saturated heterocycles. The van der Waals surface area contributed by atoms with Crippen LogP contribution in [0.25, 0.3) is 0 Å². The van der Waals surface area contributed by atoms with Gasteiger partial charge in [0.15, 0.2) is 11.5 Å². The van der Waals surface area contributed by atoms with E-state index in [1.807, 2.05) is 0 Å². The van der Waals surface area contributed by atoms with E-state index >= 15 is 0 Å². The maximum atomic E-state index is 12.2. The number of hydrogen-bond acceptors (Lipinski definition) is 5. The average Bonchev–Trinajstić information content (AvgIpc) is 2.66. The van der Waals surface area contributed by atoms with Crippen molar-refractivity contribution in [2.45, 2.75) is 0 Å². The molecule has 1 amide bonds. The van der Waals surface area contributed by atoms with Crippen molar-refractivity contribution in [1.29, 1.82) is 0 Å². The Labute approximate surface area is 157 Å². The monoisotopic (exact) mass is 374 g/mol. The Balaban J connectivity index is 2.02. The Morgan fingerprint density at radius 3 is 2.54 bits per heavy atom. The van der Waals surface area contributed by atoms with Crippen LogP contribution in [0.3, 0.4) is 0 Å². The van der Waals surface area contributed by atoms with E-state index in [1.54, 1.807) is 42.5 Å². The highest BCUT2D eigenvalue weighted by Gasteiger charge is 2.10. The van der Waals surface area contributed by atoms with Crippen LogP contribution in [0.15, 0.2) is 54.2 Å². The lowest BCUT2D eigenvalue weighted by Crippen LogP contribution is -2.17. The van der Waals surface area contributed by atoms with Gasteiger partial charge in [0.25, 0.3) is 5.91 Å². The summed E-state index contributed by atoms with van der Waals surface area (Å²) < 4.78 is 15.7. The van der Waals surface area contributed by atoms with Crippen LogP contribution in [0.2, 0.25) is 5.02 Å². The average molecular weight is 375 g/mol. The van der Waals surface area contributed by atoms with Crippen LogP contribution >= 0.6 is 11.6 Å². The minimum atomic E-state index is -0.376. The number of halogens is 1. The van der Waals surface area contributed by atoms with Crippen LogP contribution in [-0.2, 0) is 0 Å². The summed E-state index contributed by atoms with van der Waals surface area (Å²) in [7, 11) is 3.03. The predicted molar refractivity (Wildman–Crippen MR) is 102 cm³/mol. The standard InChI is InChI=1S/C19H19ClN2O4/c1-4-9-26-16-7-5-13(10-15(16)20)12-21-22-19(23)14-6-8-17(24-2)18(11-14)25-3/h4-8,10-12H,1,9H2,2-3H3,(H,22,23)/b21-12+. The van der Waals surface area contributed by atoms with Gasteiger partial charge in [-0.05, 0) is 42.0 Å². The molecule has 2 aromatic carbocycles. The smallest absolute Gasteiger partial charge is 0.271 e. The fourth-order valence-corrected chi connectivity index (χ4v) is 2.31. The van der Waals surface area contributed by atoms with Gasteiger partial charge in [-0.2, -0.15) is 5.10 Å². The molecule has 0 unspecified atom stereocenters. The Kier molecular flexibility index (Phi) is 7.05. The molecule has 26 heavy (non-hydrogen) atoms. The topological polar surface area (TPSA) is 69.2 Å². The van der Waals surface area contributed by atoms with Crippen molar-refractivity contribution in [2.75, 3.05) is 20.8 Å². The van der Waals surface area contributed by atoms with Gasteiger partial charge in [0, 0.05) is 5.56 Å². The molecule has 0 bridgehead atoms. The van der Waals surface area contributed by atoms with Gasteiger partial charge in [-0.15, -0.1) is 0 Å². The molecule has 0 aliphatic carbocycles. The van der Waals surface area contributed by atoms with Crippen molar-refractivity contribution in [2.24, 2.45) is 5.10 Å². The molecule has 2 rings (SSSR count). The first kappa shape index (κ1) is 19.3. The van der Waals surface area contributed by atoms with Crippen molar-refractivity contribution in [3.8, 4) is 17.2 Å². The van der Waals surface area contributed by atoms with E-state index in [9.17, 15) is 4.79 Å². The van der Waals surface area contributed by atoms with E-state index in [0.717, 1.165) is 0 Å². The first-order valence-electron chi connectivity index (χ1n) is 7.67. The van der Waals surface area contributed by atoms with Gasteiger partial charge in [-0.3, -0.25) is 4.79 Å². The minimum Gasteiger partial charge on any atom is -0.493 e. The zero-order chi connectivity index (χ0) is 18.9. The maximum Gasteiger partial charge on any atom is 0.271 e. The number of rotatable bonds is 8. The van der Waals surface area contributed by atoms with Crippen LogP contribution in [0.1, 0.15) is 15.9 Å². The molecule has 7 heteroatoms. The van der Waals surface area contributed by atoms with E-state index < -0.39 is 0 Å². The highest BCUT2D eigenvalue weighted by Crippen LogP contribution is 2.27. The minimum absolute atomic E-state index is 0.370. The molecule has 6 nitrogen and oxygen atoms in total. The number of ether oxygens (including phenoxy) is 3. The van der Waals surface area contributed by atoms with E-state index in [4.69, 9.17) is 25.8 Å². The number of carbonyl (C=O) groups is 1. The molecule has 0 spiro atoms. The lowest BCUT2D eigenvalue weighted by atomic mass is 10.2. The molecule has 0 aliphatic rings. The summed E-state index contributed by atoms with van der Waals surface area (Å²) in [6.07, 6.45) is 3.12. The molecule has 1 N–H and O–H groups in total. The quantitative estimate of drug-likeness (QED) is 0.434. The summed E-state index contributed by atoms with van der Waals surface area (Å²) in [5.74, 6) is 1.18. The Hall–Kier alpha value is -2.99. The fraction of sp³-hybridized carbons (Fsp3) is 0.158. The summed E-state index contributed by atoms with van der Waals surface area (Å²) in [5, 5.41) is 4.38. The third-order valence-electron chi connectivity index (χ3n) is 3.34. The second kappa shape index (κ2) is 9.48. The van der Waals surface area contributed by atoms with Gasteiger partial charge >= 0.3 is 0 Å². The van der Waals surface area contributed by atoms with Gasteiger partial charge in [0.05, 0.1) is 25.5 Å². The second-order valence-electron chi connectivity index (χ2n) is 5.06. The van der Waals surface area contributed by atoms with Gasteiger partial charge in [-0.25, -0.2) is 5.43 Å². The van der Waals surface area contributed by atoms with Crippen LogP contribution in [0.4, 0.5) is 0 Å². The predicted octanol–water partition coefficient (Wildman–Crippen LogP) is 3.69. The van der Waals surface area contributed by atoms with Gasteiger partial charge in [0.1, 0.15) is 12.4 Å². The maximum absolute atomic E-state index is 12.2. The first-order chi connectivity index (χ1) is 12.6. The summed E-state index contributed by atoms with van der Waals surface area (Å²) in [5.41, 5.74) is 3.56.